The highest BCUT2D eigenvalue weighted by Crippen LogP contribution is 2.21. The van der Waals surface area contributed by atoms with Crippen LogP contribution in [0.1, 0.15) is 28.8 Å². The predicted octanol–water partition coefficient (Wildman–Crippen LogP) is 3.34. The molecule has 0 radical (unpaired) electrons. The summed E-state index contributed by atoms with van der Waals surface area (Å²) in [7, 11) is 4.05. The Kier molecular flexibility index (Phi) is 7.45. The minimum absolute atomic E-state index is 0.0622. The number of likely N-dealkylation sites (N-methyl/N-ethyl adjacent to an activating group) is 1. The summed E-state index contributed by atoms with van der Waals surface area (Å²) in [5.74, 6) is -0.142. The van der Waals surface area contributed by atoms with E-state index in [0.29, 0.717) is 25.1 Å². The van der Waals surface area contributed by atoms with Crippen molar-refractivity contribution < 1.29 is 9.59 Å². The van der Waals surface area contributed by atoms with Crippen LogP contribution in [-0.2, 0) is 11.2 Å². The second kappa shape index (κ2) is 10.0. The van der Waals surface area contributed by atoms with Crippen LogP contribution in [0.4, 0.5) is 0 Å². The van der Waals surface area contributed by atoms with E-state index >= 15 is 0 Å². The number of likely N-dealkylation sites (tertiary alicyclic amines) is 1. The molecule has 1 fully saturated rings. The van der Waals surface area contributed by atoms with E-state index in [1.54, 1.807) is 17.0 Å². The Morgan fingerprint density at radius 3 is 2.48 bits per heavy atom. The number of benzene rings is 2. The van der Waals surface area contributed by atoms with Crippen LogP contribution >= 0.6 is 15.9 Å². The Labute approximate surface area is 181 Å². The third-order valence-corrected chi connectivity index (χ3v) is 5.99. The largest absolute Gasteiger partial charge is 0.353 e. The molecule has 1 N–H and O–H groups in total. The van der Waals surface area contributed by atoms with E-state index in [2.05, 4.69) is 38.3 Å². The first-order chi connectivity index (χ1) is 14.0. The second-order valence-corrected chi connectivity index (χ2v) is 8.63. The highest BCUT2D eigenvalue weighted by molar-refractivity contribution is 9.10. The smallest absolute Gasteiger partial charge is 0.254 e. The summed E-state index contributed by atoms with van der Waals surface area (Å²) in [6.07, 6.45) is 2.42. The summed E-state index contributed by atoms with van der Waals surface area (Å²) in [5, 5.41) is 3.09. The van der Waals surface area contributed by atoms with E-state index in [1.165, 1.54) is 5.56 Å². The van der Waals surface area contributed by atoms with Crippen molar-refractivity contribution in [2.45, 2.75) is 31.3 Å². The molecule has 0 saturated carbocycles. The Balaban J connectivity index is 1.61. The first kappa shape index (κ1) is 21.5. The highest BCUT2D eigenvalue weighted by atomic mass is 79.9. The second-order valence-electron chi connectivity index (χ2n) is 7.72. The SMILES string of the molecule is CN(C)C(CNC(=O)C1CCCN1C(=O)c1ccc(Br)cc1)Cc1ccccc1. The van der Waals surface area contributed by atoms with Crippen molar-refractivity contribution in [2.24, 2.45) is 0 Å². The molecule has 29 heavy (non-hydrogen) atoms. The molecule has 1 aliphatic heterocycles. The molecule has 3 rings (SSSR count). The van der Waals surface area contributed by atoms with Crippen LogP contribution in [0.2, 0.25) is 0 Å². The normalized spacial score (nSPS) is 17.4. The van der Waals surface area contributed by atoms with E-state index in [4.69, 9.17) is 0 Å². The number of amides is 2. The lowest BCUT2D eigenvalue weighted by Crippen LogP contribution is -2.49. The Hall–Kier alpha value is -2.18. The zero-order valence-corrected chi connectivity index (χ0v) is 18.6. The van der Waals surface area contributed by atoms with Gasteiger partial charge in [-0.15, -0.1) is 0 Å². The molecular weight excluding hydrogens is 430 g/mol. The van der Waals surface area contributed by atoms with Gasteiger partial charge >= 0.3 is 0 Å². The van der Waals surface area contributed by atoms with Crippen LogP contribution in [0.3, 0.4) is 0 Å². The monoisotopic (exact) mass is 457 g/mol. The van der Waals surface area contributed by atoms with Crippen molar-refractivity contribution in [3.05, 3.63) is 70.2 Å². The fourth-order valence-electron chi connectivity index (χ4n) is 3.70. The molecule has 2 aromatic rings. The zero-order valence-electron chi connectivity index (χ0n) is 17.0. The topological polar surface area (TPSA) is 52.7 Å². The van der Waals surface area contributed by atoms with Gasteiger partial charge in [0.25, 0.3) is 5.91 Å². The number of carbonyl (C=O) groups excluding carboxylic acids is 2. The Morgan fingerprint density at radius 1 is 1.14 bits per heavy atom. The molecule has 0 bridgehead atoms. The van der Waals surface area contributed by atoms with Gasteiger partial charge in [0.15, 0.2) is 0 Å². The third kappa shape index (κ3) is 5.67. The van der Waals surface area contributed by atoms with Crippen LogP contribution in [0.25, 0.3) is 0 Å². The van der Waals surface area contributed by atoms with Gasteiger partial charge in [0, 0.05) is 29.2 Å². The van der Waals surface area contributed by atoms with Gasteiger partial charge in [-0.1, -0.05) is 46.3 Å². The molecule has 5 nitrogen and oxygen atoms in total. The third-order valence-electron chi connectivity index (χ3n) is 5.46. The molecule has 154 valence electrons. The molecule has 1 heterocycles. The van der Waals surface area contributed by atoms with Gasteiger partial charge in [-0.3, -0.25) is 9.59 Å². The van der Waals surface area contributed by atoms with Crippen molar-refractivity contribution in [3.63, 3.8) is 0 Å². The number of nitrogens with zero attached hydrogens (tertiary/aromatic N) is 2. The summed E-state index contributed by atoms with van der Waals surface area (Å²) in [4.78, 5) is 29.6. The van der Waals surface area contributed by atoms with Crippen LogP contribution in [0.15, 0.2) is 59.1 Å². The van der Waals surface area contributed by atoms with Gasteiger partial charge in [-0.05, 0) is 63.2 Å². The quantitative estimate of drug-likeness (QED) is 0.693. The molecule has 0 aromatic heterocycles. The minimum Gasteiger partial charge on any atom is -0.353 e. The van der Waals surface area contributed by atoms with Gasteiger partial charge in [-0.25, -0.2) is 0 Å². The van der Waals surface area contributed by atoms with Gasteiger partial charge < -0.3 is 15.1 Å². The number of hydrogen-bond donors (Lipinski definition) is 1. The van der Waals surface area contributed by atoms with Crippen molar-refractivity contribution in [1.29, 1.82) is 0 Å². The predicted molar refractivity (Wildman–Crippen MR) is 119 cm³/mol. The number of hydrogen-bond acceptors (Lipinski definition) is 3. The van der Waals surface area contributed by atoms with Gasteiger partial charge in [0.2, 0.25) is 5.91 Å². The zero-order chi connectivity index (χ0) is 20.8. The van der Waals surface area contributed by atoms with Crippen LogP contribution in [-0.4, -0.2) is 60.9 Å². The summed E-state index contributed by atoms with van der Waals surface area (Å²) < 4.78 is 0.929. The van der Waals surface area contributed by atoms with Crippen molar-refractivity contribution in [2.75, 3.05) is 27.2 Å². The average Bonchev–Trinajstić information content (AvgIpc) is 3.21. The first-order valence-electron chi connectivity index (χ1n) is 10.0. The lowest BCUT2D eigenvalue weighted by atomic mass is 10.0. The molecular formula is C23H28BrN3O2. The van der Waals surface area contributed by atoms with E-state index < -0.39 is 6.04 Å². The van der Waals surface area contributed by atoms with Gasteiger partial charge in [0.1, 0.15) is 6.04 Å². The van der Waals surface area contributed by atoms with Crippen molar-refractivity contribution in [3.8, 4) is 0 Å². The molecule has 2 atom stereocenters. The molecule has 2 aromatic carbocycles. The number of rotatable bonds is 7. The van der Waals surface area contributed by atoms with Crippen LogP contribution in [0, 0.1) is 0 Å². The van der Waals surface area contributed by atoms with Crippen molar-refractivity contribution in [1.82, 2.24) is 15.1 Å². The standard InChI is InChI=1S/C23H28BrN3O2/c1-26(2)20(15-17-7-4-3-5-8-17)16-25-22(28)21-9-6-14-27(21)23(29)18-10-12-19(24)13-11-18/h3-5,7-8,10-13,20-21H,6,9,14-16H2,1-2H3,(H,25,28). The lowest BCUT2D eigenvalue weighted by molar-refractivity contribution is -0.125. The number of carbonyl (C=O) groups is 2. The van der Waals surface area contributed by atoms with Crippen LogP contribution in [0.5, 0.6) is 0 Å². The molecule has 2 amide bonds. The number of nitrogens with one attached hydrogen (secondary N) is 1. The maximum atomic E-state index is 12.9. The molecule has 0 spiro atoms. The maximum Gasteiger partial charge on any atom is 0.254 e. The molecule has 6 heteroatoms. The summed E-state index contributed by atoms with van der Waals surface area (Å²) in [5.41, 5.74) is 1.86. The fraction of sp³-hybridized carbons (Fsp3) is 0.391. The van der Waals surface area contributed by atoms with E-state index in [-0.39, 0.29) is 17.9 Å². The lowest BCUT2D eigenvalue weighted by Gasteiger charge is -2.28. The van der Waals surface area contributed by atoms with E-state index in [1.807, 2.05) is 44.4 Å². The van der Waals surface area contributed by atoms with E-state index in [9.17, 15) is 9.59 Å². The molecule has 2 unspecified atom stereocenters. The van der Waals surface area contributed by atoms with Crippen molar-refractivity contribution >= 4 is 27.7 Å². The first-order valence-corrected chi connectivity index (χ1v) is 10.8. The molecule has 1 saturated heterocycles. The maximum absolute atomic E-state index is 12.9. The van der Waals surface area contributed by atoms with E-state index in [0.717, 1.165) is 17.3 Å². The highest BCUT2D eigenvalue weighted by Gasteiger charge is 2.34. The summed E-state index contributed by atoms with van der Waals surface area (Å²) in [6.45, 7) is 1.17. The van der Waals surface area contributed by atoms with Gasteiger partial charge in [0.05, 0.1) is 0 Å². The number of halogens is 1. The van der Waals surface area contributed by atoms with Crippen LogP contribution < -0.4 is 5.32 Å². The minimum atomic E-state index is -0.398. The molecule has 0 aliphatic carbocycles. The van der Waals surface area contributed by atoms with Gasteiger partial charge in [-0.2, -0.15) is 0 Å². The summed E-state index contributed by atoms with van der Waals surface area (Å²) in [6, 6.07) is 17.4. The Bertz CT molecular complexity index is 824. The average molecular weight is 458 g/mol. The Morgan fingerprint density at radius 2 is 1.83 bits per heavy atom. The summed E-state index contributed by atoms with van der Waals surface area (Å²) >= 11 is 3.39. The molecule has 1 aliphatic rings. The fourth-order valence-corrected chi connectivity index (χ4v) is 3.96.